The van der Waals surface area contributed by atoms with Crippen LogP contribution in [0.3, 0.4) is 0 Å². The number of hydrogen-bond acceptors (Lipinski definition) is 5. The Balaban J connectivity index is 1.23. The van der Waals surface area contributed by atoms with Crippen LogP contribution in [0.2, 0.25) is 0 Å². The lowest BCUT2D eigenvalue weighted by molar-refractivity contribution is 0.132. The summed E-state index contributed by atoms with van der Waals surface area (Å²) in [6, 6.07) is 15.2. The Morgan fingerprint density at radius 3 is 2.84 bits per heavy atom. The summed E-state index contributed by atoms with van der Waals surface area (Å²) in [5.41, 5.74) is 4.05. The Kier molecular flexibility index (Phi) is 6.03. The minimum absolute atomic E-state index is 0.212. The number of fused-ring (bicyclic) bond motifs is 2. The summed E-state index contributed by atoms with van der Waals surface area (Å²) < 4.78 is 1.46. The lowest BCUT2D eigenvalue weighted by Crippen LogP contribution is -2.31. The Morgan fingerprint density at radius 2 is 1.97 bits per heavy atom. The van der Waals surface area contributed by atoms with Crippen molar-refractivity contribution in [3.05, 3.63) is 82.0 Å². The molecule has 0 radical (unpaired) electrons. The third kappa shape index (κ3) is 4.60. The first-order valence-corrected chi connectivity index (χ1v) is 11.4. The van der Waals surface area contributed by atoms with E-state index in [1.54, 1.807) is 18.3 Å². The number of nitrogens with zero attached hydrogens (tertiary/aromatic N) is 3. The summed E-state index contributed by atoms with van der Waals surface area (Å²) in [5, 5.41) is 14.8. The highest BCUT2D eigenvalue weighted by molar-refractivity contribution is 5.81. The first-order chi connectivity index (χ1) is 15.7. The Morgan fingerprint density at radius 1 is 1.09 bits per heavy atom. The highest BCUT2D eigenvalue weighted by Gasteiger charge is 2.13. The Labute approximate surface area is 186 Å². The molecule has 1 aromatic carbocycles. The van der Waals surface area contributed by atoms with Gasteiger partial charge in [-0.2, -0.15) is 0 Å². The first-order valence-electron chi connectivity index (χ1n) is 11.4. The quantitative estimate of drug-likeness (QED) is 0.392. The van der Waals surface area contributed by atoms with Crippen LogP contribution >= 0.6 is 0 Å². The van der Waals surface area contributed by atoms with E-state index in [1.165, 1.54) is 53.9 Å². The average molecular weight is 432 g/mol. The molecule has 3 N–H and O–H groups in total. The fourth-order valence-corrected chi connectivity index (χ4v) is 4.47. The molecule has 166 valence electrons. The molecule has 1 aliphatic heterocycles. The molecule has 0 amide bonds. The predicted molar refractivity (Wildman–Crippen MR) is 126 cm³/mol. The van der Waals surface area contributed by atoms with Gasteiger partial charge in [-0.3, -0.25) is 14.5 Å². The van der Waals surface area contributed by atoms with E-state index < -0.39 is 6.23 Å². The standard InChI is InChI=1S/C25H29N5O2/c31-24-16-22(28-23-6-2-5-12-30(23)24)25(32)26-17-18-7-8-19-15-20(27-21(19)14-18)9-13-29-10-3-1-4-11-29/h2,5-8,12,14-16,25-27,32H,1,3-4,9-11,13,17H2. The number of H-pyrrole nitrogens is 1. The zero-order valence-electron chi connectivity index (χ0n) is 18.1. The molecule has 0 saturated carbocycles. The maximum atomic E-state index is 12.3. The minimum atomic E-state index is -1.02. The third-order valence-corrected chi connectivity index (χ3v) is 6.26. The molecule has 7 heteroatoms. The first kappa shape index (κ1) is 20.9. The van der Waals surface area contributed by atoms with Crippen LogP contribution in [0.25, 0.3) is 16.6 Å². The van der Waals surface area contributed by atoms with Gasteiger partial charge in [0.25, 0.3) is 5.56 Å². The van der Waals surface area contributed by atoms with E-state index >= 15 is 0 Å². The molecule has 1 aliphatic rings. The maximum absolute atomic E-state index is 12.3. The van der Waals surface area contributed by atoms with Gasteiger partial charge in [0.2, 0.25) is 0 Å². The van der Waals surface area contributed by atoms with E-state index in [2.05, 4.69) is 44.5 Å². The monoisotopic (exact) mass is 431 g/mol. The Hall–Kier alpha value is -3.00. The zero-order valence-corrected chi connectivity index (χ0v) is 18.1. The van der Waals surface area contributed by atoms with Gasteiger partial charge in [0.05, 0.1) is 5.69 Å². The molecule has 3 aromatic heterocycles. The van der Waals surface area contributed by atoms with Crippen LogP contribution in [-0.2, 0) is 13.0 Å². The highest BCUT2D eigenvalue weighted by atomic mass is 16.3. The van der Waals surface area contributed by atoms with E-state index in [0.717, 1.165) is 24.0 Å². The number of benzene rings is 1. The molecule has 0 spiro atoms. The summed E-state index contributed by atoms with van der Waals surface area (Å²) in [5.74, 6) is 0. The molecule has 4 aromatic rings. The van der Waals surface area contributed by atoms with E-state index in [9.17, 15) is 9.90 Å². The molecular weight excluding hydrogens is 402 g/mol. The van der Waals surface area contributed by atoms with E-state index in [1.807, 2.05) is 6.07 Å². The van der Waals surface area contributed by atoms with Crippen molar-refractivity contribution in [2.45, 2.75) is 38.5 Å². The lowest BCUT2D eigenvalue weighted by Gasteiger charge is -2.25. The van der Waals surface area contributed by atoms with Gasteiger partial charge < -0.3 is 15.0 Å². The second kappa shape index (κ2) is 9.24. The second-order valence-electron chi connectivity index (χ2n) is 8.60. The minimum Gasteiger partial charge on any atom is -0.373 e. The van der Waals surface area contributed by atoms with Crippen molar-refractivity contribution in [1.82, 2.24) is 24.6 Å². The van der Waals surface area contributed by atoms with Gasteiger partial charge >= 0.3 is 0 Å². The van der Waals surface area contributed by atoms with Crippen molar-refractivity contribution in [3.8, 4) is 0 Å². The topological polar surface area (TPSA) is 85.7 Å². The number of likely N-dealkylation sites (tertiary alicyclic amines) is 1. The molecule has 1 unspecified atom stereocenters. The van der Waals surface area contributed by atoms with Crippen LogP contribution in [0.1, 0.15) is 42.4 Å². The number of aliphatic hydroxyl groups excluding tert-OH is 1. The van der Waals surface area contributed by atoms with Crippen LogP contribution in [0.4, 0.5) is 0 Å². The van der Waals surface area contributed by atoms with Gasteiger partial charge in [-0.1, -0.05) is 24.6 Å². The van der Waals surface area contributed by atoms with Crippen molar-refractivity contribution in [1.29, 1.82) is 0 Å². The average Bonchev–Trinajstić information content (AvgIpc) is 3.24. The van der Waals surface area contributed by atoms with E-state index in [-0.39, 0.29) is 5.56 Å². The summed E-state index contributed by atoms with van der Waals surface area (Å²) in [7, 11) is 0. The van der Waals surface area contributed by atoms with Gasteiger partial charge in [0, 0.05) is 43.0 Å². The largest absolute Gasteiger partial charge is 0.373 e. The molecule has 32 heavy (non-hydrogen) atoms. The molecule has 0 bridgehead atoms. The summed E-state index contributed by atoms with van der Waals surface area (Å²) in [4.78, 5) is 22.8. The SMILES string of the molecule is O=c1cc(C(O)NCc2ccc3cc(CCN4CCCCC4)[nH]c3c2)nc2ccccn12. The fourth-order valence-electron chi connectivity index (χ4n) is 4.47. The van der Waals surface area contributed by atoms with Gasteiger partial charge in [-0.25, -0.2) is 4.98 Å². The van der Waals surface area contributed by atoms with Gasteiger partial charge in [-0.05, 0) is 61.1 Å². The molecule has 4 heterocycles. The molecular formula is C25H29N5O2. The second-order valence-corrected chi connectivity index (χ2v) is 8.60. The number of piperidine rings is 1. The number of aromatic nitrogens is 3. The smallest absolute Gasteiger partial charge is 0.258 e. The molecule has 1 fully saturated rings. The van der Waals surface area contributed by atoms with Crippen LogP contribution in [0, 0.1) is 0 Å². The number of rotatable bonds is 7. The summed E-state index contributed by atoms with van der Waals surface area (Å²) in [6.07, 6.45) is 5.68. The number of nitrogens with one attached hydrogen (secondary N) is 2. The highest BCUT2D eigenvalue weighted by Crippen LogP contribution is 2.19. The van der Waals surface area contributed by atoms with E-state index in [0.29, 0.717) is 17.9 Å². The van der Waals surface area contributed by atoms with Gasteiger partial charge in [0.1, 0.15) is 11.9 Å². The van der Waals surface area contributed by atoms with Gasteiger partial charge in [0.15, 0.2) is 0 Å². The molecule has 1 saturated heterocycles. The summed E-state index contributed by atoms with van der Waals surface area (Å²) in [6.45, 7) is 4.01. The van der Waals surface area contributed by atoms with Crippen LogP contribution in [-0.4, -0.2) is 44.0 Å². The number of aromatic amines is 1. The summed E-state index contributed by atoms with van der Waals surface area (Å²) >= 11 is 0. The Bertz CT molecular complexity index is 1270. The number of hydrogen-bond donors (Lipinski definition) is 3. The normalized spacial score (nSPS) is 16.0. The molecule has 5 rings (SSSR count). The number of aliphatic hydroxyl groups is 1. The molecule has 1 atom stereocenters. The van der Waals surface area contributed by atoms with Crippen molar-refractivity contribution < 1.29 is 5.11 Å². The van der Waals surface area contributed by atoms with Crippen molar-refractivity contribution in [2.75, 3.05) is 19.6 Å². The third-order valence-electron chi connectivity index (χ3n) is 6.26. The molecule has 0 aliphatic carbocycles. The van der Waals surface area contributed by atoms with Crippen molar-refractivity contribution >= 4 is 16.6 Å². The number of pyridine rings is 1. The lowest BCUT2D eigenvalue weighted by atomic mass is 10.1. The van der Waals surface area contributed by atoms with Crippen LogP contribution < -0.4 is 10.9 Å². The van der Waals surface area contributed by atoms with Crippen LogP contribution in [0.15, 0.2) is 59.5 Å². The van der Waals surface area contributed by atoms with Crippen LogP contribution in [0.5, 0.6) is 0 Å². The zero-order chi connectivity index (χ0) is 21.9. The van der Waals surface area contributed by atoms with Gasteiger partial charge in [-0.15, -0.1) is 0 Å². The molecule has 7 nitrogen and oxygen atoms in total. The van der Waals surface area contributed by atoms with Crippen molar-refractivity contribution in [3.63, 3.8) is 0 Å². The van der Waals surface area contributed by atoms with Crippen molar-refractivity contribution in [2.24, 2.45) is 0 Å². The maximum Gasteiger partial charge on any atom is 0.258 e. The fraction of sp³-hybridized carbons (Fsp3) is 0.360. The van der Waals surface area contributed by atoms with E-state index in [4.69, 9.17) is 0 Å². The predicted octanol–water partition coefficient (Wildman–Crippen LogP) is 2.98.